The van der Waals surface area contributed by atoms with Crippen molar-refractivity contribution in [2.45, 2.75) is 11.4 Å². The monoisotopic (exact) mass is 359 g/mol. The molecule has 0 saturated heterocycles. The van der Waals surface area contributed by atoms with Crippen molar-refractivity contribution >= 4 is 26.0 Å². The molecule has 0 radical (unpaired) electrons. The number of ether oxygens (including phenoxy) is 1. The number of hydrogen-bond donors (Lipinski definition) is 1. The van der Waals surface area contributed by atoms with Gasteiger partial charge in [0.15, 0.2) is 0 Å². The zero-order valence-corrected chi connectivity index (χ0v) is 13.2. The number of methoxy groups -OCH3 is 1. The molecule has 0 saturated carbocycles. The number of rotatable bonds is 6. The van der Waals surface area contributed by atoms with Gasteiger partial charge in [0.05, 0.1) is 22.8 Å². The highest BCUT2D eigenvalue weighted by Crippen LogP contribution is 2.27. The Kier molecular flexibility index (Phi) is 4.79. The summed E-state index contributed by atoms with van der Waals surface area (Å²) < 4.78 is 34.2. The zero-order chi connectivity index (χ0) is 14.6. The standard InChI is InChI=1S/C12H14BrN3O3S/c1-19-12-3-2-10(8-11(12)13)20(17,18)15-5-7-16-6-4-14-9-16/h2-4,6,8-9,15H,5,7H2,1H3. The summed E-state index contributed by atoms with van der Waals surface area (Å²) in [7, 11) is -2.00. The van der Waals surface area contributed by atoms with Crippen LogP contribution in [0.5, 0.6) is 5.75 Å². The summed E-state index contributed by atoms with van der Waals surface area (Å²) >= 11 is 3.27. The number of halogens is 1. The average molecular weight is 360 g/mol. The molecule has 108 valence electrons. The first-order valence-corrected chi connectivity index (χ1v) is 8.09. The predicted molar refractivity (Wildman–Crippen MR) is 78.1 cm³/mol. The Hall–Kier alpha value is -1.38. The highest BCUT2D eigenvalue weighted by atomic mass is 79.9. The quantitative estimate of drug-likeness (QED) is 0.850. The van der Waals surface area contributed by atoms with Crippen molar-refractivity contribution in [1.82, 2.24) is 14.3 Å². The smallest absolute Gasteiger partial charge is 0.240 e. The Morgan fingerprint density at radius 2 is 2.25 bits per heavy atom. The van der Waals surface area contributed by atoms with Crippen molar-refractivity contribution < 1.29 is 13.2 Å². The van der Waals surface area contributed by atoms with E-state index in [4.69, 9.17) is 4.74 Å². The maximum absolute atomic E-state index is 12.1. The van der Waals surface area contributed by atoms with Gasteiger partial charge in [-0.25, -0.2) is 18.1 Å². The minimum Gasteiger partial charge on any atom is -0.496 e. The average Bonchev–Trinajstić information content (AvgIpc) is 2.91. The Morgan fingerprint density at radius 3 is 2.85 bits per heavy atom. The van der Waals surface area contributed by atoms with Crippen LogP contribution in [0.4, 0.5) is 0 Å². The van der Waals surface area contributed by atoms with E-state index in [9.17, 15) is 8.42 Å². The molecule has 0 aliphatic heterocycles. The Balaban J connectivity index is 2.04. The van der Waals surface area contributed by atoms with Crippen LogP contribution < -0.4 is 9.46 Å². The second-order valence-corrected chi connectivity index (χ2v) is 6.62. The summed E-state index contributed by atoms with van der Waals surface area (Å²) in [5.74, 6) is 0.586. The first-order chi connectivity index (χ1) is 9.53. The van der Waals surface area contributed by atoms with Crippen LogP contribution in [0.25, 0.3) is 0 Å². The molecule has 0 fully saturated rings. The van der Waals surface area contributed by atoms with E-state index in [1.54, 1.807) is 29.4 Å². The van der Waals surface area contributed by atoms with Crippen molar-refractivity contribution in [2.75, 3.05) is 13.7 Å². The molecule has 2 aromatic rings. The molecule has 6 nitrogen and oxygen atoms in total. The van der Waals surface area contributed by atoms with E-state index in [0.29, 0.717) is 23.3 Å². The lowest BCUT2D eigenvalue weighted by molar-refractivity contribution is 0.411. The molecule has 0 spiro atoms. The number of sulfonamides is 1. The molecule has 1 aromatic carbocycles. The predicted octanol–water partition coefficient (Wildman–Crippen LogP) is 1.63. The van der Waals surface area contributed by atoms with Crippen LogP contribution in [0.2, 0.25) is 0 Å². The Labute approximate surface area is 126 Å². The molecule has 0 aliphatic rings. The lowest BCUT2D eigenvalue weighted by Crippen LogP contribution is -2.27. The number of imidazole rings is 1. The van der Waals surface area contributed by atoms with Gasteiger partial charge in [0, 0.05) is 25.5 Å². The van der Waals surface area contributed by atoms with E-state index in [-0.39, 0.29) is 4.90 Å². The van der Waals surface area contributed by atoms with Crippen molar-refractivity contribution in [3.63, 3.8) is 0 Å². The lowest BCUT2D eigenvalue weighted by Gasteiger charge is -2.09. The van der Waals surface area contributed by atoms with Crippen LogP contribution in [0.3, 0.4) is 0 Å². The molecule has 1 N–H and O–H groups in total. The van der Waals surface area contributed by atoms with Gasteiger partial charge >= 0.3 is 0 Å². The van der Waals surface area contributed by atoms with Gasteiger partial charge in [-0.05, 0) is 34.1 Å². The first kappa shape index (κ1) is 15.0. The minimum absolute atomic E-state index is 0.191. The van der Waals surface area contributed by atoms with Gasteiger partial charge in [-0.1, -0.05) is 0 Å². The summed E-state index contributed by atoms with van der Waals surface area (Å²) in [5, 5.41) is 0. The molecular weight excluding hydrogens is 346 g/mol. The summed E-state index contributed by atoms with van der Waals surface area (Å²) in [6, 6.07) is 4.62. The van der Waals surface area contributed by atoms with Gasteiger partial charge in [-0.3, -0.25) is 0 Å². The van der Waals surface area contributed by atoms with E-state index < -0.39 is 10.0 Å². The third-order valence-corrected chi connectivity index (χ3v) is 4.73. The highest BCUT2D eigenvalue weighted by molar-refractivity contribution is 9.10. The molecule has 0 aliphatic carbocycles. The summed E-state index contributed by atoms with van der Waals surface area (Å²) in [5.41, 5.74) is 0. The van der Waals surface area contributed by atoms with Crippen LogP contribution in [0, 0.1) is 0 Å². The fourth-order valence-electron chi connectivity index (χ4n) is 1.63. The molecule has 0 bridgehead atoms. The zero-order valence-electron chi connectivity index (χ0n) is 10.8. The molecule has 0 unspecified atom stereocenters. The van der Waals surface area contributed by atoms with Gasteiger partial charge in [0.2, 0.25) is 10.0 Å². The number of nitrogens with one attached hydrogen (secondary N) is 1. The fourth-order valence-corrected chi connectivity index (χ4v) is 3.36. The largest absolute Gasteiger partial charge is 0.496 e. The van der Waals surface area contributed by atoms with E-state index in [2.05, 4.69) is 25.6 Å². The van der Waals surface area contributed by atoms with Crippen LogP contribution in [-0.4, -0.2) is 31.6 Å². The van der Waals surface area contributed by atoms with Crippen molar-refractivity contribution in [3.05, 3.63) is 41.4 Å². The van der Waals surface area contributed by atoms with E-state index in [1.165, 1.54) is 19.2 Å². The topological polar surface area (TPSA) is 73.2 Å². The molecule has 8 heteroatoms. The normalized spacial score (nSPS) is 11.5. The van der Waals surface area contributed by atoms with Crippen LogP contribution in [-0.2, 0) is 16.6 Å². The molecule has 20 heavy (non-hydrogen) atoms. The number of aromatic nitrogens is 2. The highest BCUT2D eigenvalue weighted by Gasteiger charge is 2.15. The maximum Gasteiger partial charge on any atom is 0.240 e. The summed E-state index contributed by atoms with van der Waals surface area (Å²) in [6.45, 7) is 0.818. The maximum atomic E-state index is 12.1. The summed E-state index contributed by atoms with van der Waals surface area (Å²) in [6.07, 6.45) is 5.06. The van der Waals surface area contributed by atoms with E-state index in [0.717, 1.165) is 0 Å². The van der Waals surface area contributed by atoms with Gasteiger partial charge in [-0.15, -0.1) is 0 Å². The van der Waals surface area contributed by atoms with Crippen molar-refractivity contribution in [3.8, 4) is 5.75 Å². The SMILES string of the molecule is COc1ccc(S(=O)(=O)NCCn2ccnc2)cc1Br. The van der Waals surface area contributed by atoms with Gasteiger partial charge in [-0.2, -0.15) is 0 Å². The molecular formula is C12H14BrN3O3S. The van der Waals surface area contributed by atoms with Gasteiger partial charge < -0.3 is 9.30 Å². The second kappa shape index (κ2) is 6.38. The van der Waals surface area contributed by atoms with Crippen molar-refractivity contribution in [2.24, 2.45) is 0 Å². The lowest BCUT2D eigenvalue weighted by atomic mass is 10.3. The number of nitrogens with zero attached hydrogens (tertiary/aromatic N) is 2. The Morgan fingerprint density at radius 1 is 1.45 bits per heavy atom. The fraction of sp³-hybridized carbons (Fsp3) is 0.250. The Bertz CT molecular complexity index is 671. The van der Waals surface area contributed by atoms with E-state index in [1.807, 2.05) is 0 Å². The van der Waals surface area contributed by atoms with Crippen LogP contribution >= 0.6 is 15.9 Å². The molecule has 2 rings (SSSR count). The molecule has 0 atom stereocenters. The summed E-state index contributed by atoms with van der Waals surface area (Å²) in [4.78, 5) is 4.08. The van der Waals surface area contributed by atoms with Crippen LogP contribution in [0.1, 0.15) is 0 Å². The number of benzene rings is 1. The number of hydrogen-bond acceptors (Lipinski definition) is 4. The minimum atomic E-state index is -3.53. The first-order valence-electron chi connectivity index (χ1n) is 5.82. The van der Waals surface area contributed by atoms with Crippen LogP contribution in [0.15, 0.2) is 46.3 Å². The van der Waals surface area contributed by atoms with E-state index >= 15 is 0 Å². The third kappa shape index (κ3) is 3.59. The van der Waals surface area contributed by atoms with Gasteiger partial charge in [0.1, 0.15) is 5.75 Å². The van der Waals surface area contributed by atoms with Crippen molar-refractivity contribution in [1.29, 1.82) is 0 Å². The molecule has 1 aromatic heterocycles. The van der Waals surface area contributed by atoms with Gasteiger partial charge in [0.25, 0.3) is 0 Å². The second-order valence-electron chi connectivity index (χ2n) is 3.99. The molecule has 0 amide bonds. The molecule has 1 heterocycles. The third-order valence-electron chi connectivity index (χ3n) is 2.65.